The van der Waals surface area contributed by atoms with Crippen molar-refractivity contribution >= 4 is 58.0 Å². The fraction of sp³-hybridized carbons (Fsp3) is 0.479. The van der Waals surface area contributed by atoms with Gasteiger partial charge in [0.1, 0.15) is 18.1 Å². The predicted octanol–water partition coefficient (Wildman–Crippen LogP) is 7.02. The van der Waals surface area contributed by atoms with Gasteiger partial charge in [0.15, 0.2) is 0 Å². The number of carbonyl (C=O) groups is 3. The van der Waals surface area contributed by atoms with Crippen molar-refractivity contribution in [2.45, 2.75) is 65.8 Å². The third-order valence-corrected chi connectivity index (χ3v) is 13.3. The van der Waals surface area contributed by atoms with E-state index in [2.05, 4.69) is 84.6 Å². The molecule has 0 aliphatic carbocycles. The third-order valence-electron chi connectivity index (χ3n) is 13.3. The maximum atomic E-state index is 13.1. The monoisotopic (exact) mass is 856 g/mol. The zero-order valence-corrected chi connectivity index (χ0v) is 36.9. The lowest BCUT2D eigenvalue weighted by atomic mass is 9.95. The first-order valence-corrected chi connectivity index (χ1v) is 22.8. The van der Waals surface area contributed by atoms with Gasteiger partial charge in [-0.05, 0) is 111 Å². The largest absolute Gasteiger partial charge is 0.474 e. The molecule has 7 heterocycles. The van der Waals surface area contributed by atoms with E-state index in [9.17, 15) is 14.4 Å². The highest BCUT2D eigenvalue weighted by Crippen LogP contribution is 2.40. The fourth-order valence-corrected chi connectivity index (χ4v) is 9.69. The Bertz CT molecular complexity index is 2310. The summed E-state index contributed by atoms with van der Waals surface area (Å²) in [5.74, 6) is 1.77. The predicted molar refractivity (Wildman–Crippen MR) is 247 cm³/mol. The Morgan fingerprint density at radius 2 is 1.60 bits per heavy atom. The topological polar surface area (TPSA) is 139 Å². The lowest BCUT2D eigenvalue weighted by Crippen LogP contribution is -2.50. The Morgan fingerprint density at radius 3 is 2.37 bits per heavy atom. The number of carbonyl (C=O) groups excluding carboxylic acids is 3. The summed E-state index contributed by atoms with van der Waals surface area (Å²) in [4.78, 5) is 59.8. The molecule has 3 saturated heterocycles. The lowest BCUT2D eigenvalue weighted by Gasteiger charge is -2.40. The number of piperidine rings is 1. The van der Waals surface area contributed by atoms with Gasteiger partial charge >= 0.3 is 12.1 Å². The fourth-order valence-electron chi connectivity index (χ4n) is 9.69. The van der Waals surface area contributed by atoms with E-state index in [1.54, 1.807) is 9.80 Å². The second-order valence-corrected chi connectivity index (χ2v) is 17.5. The Balaban J connectivity index is 0.745. The van der Waals surface area contributed by atoms with Crippen LogP contribution in [0.3, 0.4) is 0 Å². The van der Waals surface area contributed by atoms with Gasteiger partial charge < -0.3 is 29.5 Å². The molecule has 63 heavy (non-hydrogen) atoms. The summed E-state index contributed by atoms with van der Waals surface area (Å²) in [5.41, 5.74) is 10.5. The van der Waals surface area contributed by atoms with Crippen LogP contribution < -0.4 is 39.9 Å². The standard InChI is InChI=1S/C48H60N10O5/c1-4-5-25-63-48(61)58-24-26-62-46-45(58)34(3)42(30-50-46)56-18-14-36-29-49-43(28-37(36)32-56)51-38-6-8-39(9-7-38)54-16-12-35(13-17-54)31-53-20-22-55(23-21-53)40-10-11-41(33(2)27-40)57-19-15-44(59)52-47(57)60/h6-11,27-30,35H,4-5,12-26,31-32H2,1-3H3,(H,49,51)(H,52,59,60). The highest BCUT2D eigenvalue weighted by Gasteiger charge is 2.32. The van der Waals surface area contributed by atoms with E-state index in [4.69, 9.17) is 14.5 Å². The lowest BCUT2D eigenvalue weighted by molar-refractivity contribution is -0.120. The van der Waals surface area contributed by atoms with Crippen molar-refractivity contribution < 1.29 is 23.9 Å². The zero-order valence-electron chi connectivity index (χ0n) is 36.9. The van der Waals surface area contributed by atoms with Crippen LogP contribution in [0, 0.1) is 19.8 Å². The van der Waals surface area contributed by atoms with Crippen LogP contribution in [0.4, 0.5) is 49.5 Å². The number of hydrogen-bond acceptors (Lipinski definition) is 12. The van der Waals surface area contributed by atoms with Gasteiger partial charge in [0.25, 0.3) is 0 Å². The number of urea groups is 1. The molecule has 332 valence electrons. The molecule has 5 aliphatic rings. The van der Waals surface area contributed by atoms with E-state index in [0.717, 1.165) is 106 Å². The van der Waals surface area contributed by atoms with E-state index in [-0.39, 0.29) is 18.0 Å². The molecule has 4 amide bonds. The second kappa shape index (κ2) is 18.7. The van der Waals surface area contributed by atoms with Crippen LogP contribution in [0.15, 0.2) is 60.9 Å². The highest BCUT2D eigenvalue weighted by molar-refractivity contribution is 6.06. The van der Waals surface area contributed by atoms with E-state index < -0.39 is 0 Å². The number of ether oxygens (including phenoxy) is 2. The SMILES string of the molecule is CCCCOC(=O)N1CCOc2ncc(N3CCc4cnc(Nc5ccc(N6CCC(CN7CCN(c8ccc(N9CCC(=O)NC9=O)c(C)c8)CC7)CC6)cc5)cc4C3)c(C)c21. The van der Waals surface area contributed by atoms with Crippen LogP contribution in [0.25, 0.3) is 0 Å². The molecule has 0 radical (unpaired) electrons. The molecular formula is C48H60N10O5. The minimum absolute atomic E-state index is 0.214. The van der Waals surface area contributed by atoms with Crippen LogP contribution in [0.1, 0.15) is 61.3 Å². The molecule has 2 aromatic carbocycles. The molecule has 4 aromatic rings. The van der Waals surface area contributed by atoms with Crippen LogP contribution in [0.5, 0.6) is 5.88 Å². The number of fused-ring (bicyclic) bond motifs is 2. The zero-order chi connectivity index (χ0) is 43.5. The molecule has 9 rings (SSSR count). The summed E-state index contributed by atoms with van der Waals surface area (Å²) in [6.45, 7) is 16.7. The molecule has 0 atom stereocenters. The number of benzene rings is 2. The minimum Gasteiger partial charge on any atom is -0.474 e. The molecule has 0 unspecified atom stereocenters. The average molecular weight is 857 g/mol. The number of pyridine rings is 2. The molecule has 2 N–H and O–H groups in total. The molecule has 2 aromatic heterocycles. The second-order valence-electron chi connectivity index (χ2n) is 17.5. The van der Waals surface area contributed by atoms with Crippen LogP contribution in [0.2, 0.25) is 0 Å². The van der Waals surface area contributed by atoms with Gasteiger partial charge in [0.05, 0.1) is 25.0 Å². The quantitative estimate of drug-likeness (QED) is 0.150. The highest BCUT2D eigenvalue weighted by atomic mass is 16.6. The maximum Gasteiger partial charge on any atom is 0.414 e. The number of amides is 4. The Morgan fingerprint density at radius 1 is 0.825 bits per heavy atom. The molecule has 0 saturated carbocycles. The van der Waals surface area contributed by atoms with Gasteiger partial charge in [-0.2, -0.15) is 0 Å². The van der Waals surface area contributed by atoms with Crippen LogP contribution >= 0.6 is 0 Å². The van der Waals surface area contributed by atoms with Crippen molar-refractivity contribution in [1.82, 2.24) is 20.2 Å². The van der Waals surface area contributed by atoms with Crippen molar-refractivity contribution in [3.63, 3.8) is 0 Å². The Labute approximate surface area is 370 Å². The number of rotatable bonds is 11. The number of nitrogens with one attached hydrogen (secondary N) is 2. The molecule has 0 bridgehead atoms. The normalized spacial score (nSPS) is 18.4. The van der Waals surface area contributed by atoms with Gasteiger partial charge in [0, 0.05) is 106 Å². The number of unbranched alkanes of at least 4 members (excludes halogenated alkanes) is 1. The molecule has 0 spiro atoms. The summed E-state index contributed by atoms with van der Waals surface area (Å²) in [7, 11) is 0. The molecular weight excluding hydrogens is 797 g/mol. The van der Waals surface area contributed by atoms with Crippen molar-refractivity contribution in [2.75, 3.05) is 108 Å². The first kappa shape index (κ1) is 42.2. The van der Waals surface area contributed by atoms with Crippen molar-refractivity contribution in [1.29, 1.82) is 0 Å². The number of nitrogens with zero attached hydrogens (tertiary/aromatic N) is 8. The molecule has 15 nitrogen and oxygen atoms in total. The third kappa shape index (κ3) is 9.34. The first-order valence-electron chi connectivity index (χ1n) is 22.8. The van der Waals surface area contributed by atoms with Crippen molar-refractivity contribution in [2.24, 2.45) is 5.92 Å². The summed E-state index contributed by atoms with van der Waals surface area (Å²) >= 11 is 0. The average Bonchev–Trinajstić information content (AvgIpc) is 3.30. The van der Waals surface area contributed by atoms with E-state index in [1.165, 1.54) is 35.3 Å². The Hall–Kier alpha value is -6.09. The van der Waals surface area contributed by atoms with Crippen molar-refractivity contribution in [3.8, 4) is 5.88 Å². The Kier molecular flexibility index (Phi) is 12.5. The van der Waals surface area contributed by atoms with Crippen LogP contribution in [-0.2, 0) is 22.5 Å². The number of aryl methyl sites for hydroxylation is 1. The smallest absolute Gasteiger partial charge is 0.414 e. The van der Waals surface area contributed by atoms with Gasteiger partial charge in [-0.1, -0.05) is 13.3 Å². The van der Waals surface area contributed by atoms with Crippen LogP contribution in [-0.4, -0.2) is 112 Å². The van der Waals surface area contributed by atoms with Gasteiger partial charge in [-0.15, -0.1) is 0 Å². The number of imide groups is 1. The number of aromatic nitrogens is 2. The van der Waals surface area contributed by atoms with Gasteiger partial charge in [-0.3, -0.25) is 24.8 Å². The molecule has 15 heteroatoms. The summed E-state index contributed by atoms with van der Waals surface area (Å²) in [6, 6.07) is 16.9. The number of anilines is 7. The van der Waals surface area contributed by atoms with Gasteiger partial charge in [0.2, 0.25) is 11.8 Å². The maximum absolute atomic E-state index is 13.1. The summed E-state index contributed by atoms with van der Waals surface area (Å²) < 4.78 is 11.5. The first-order chi connectivity index (χ1) is 30.7. The number of piperazine rings is 1. The van der Waals surface area contributed by atoms with Crippen molar-refractivity contribution in [3.05, 3.63) is 83.2 Å². The van der Waals surface area contributed by atoms with Gasteiger partial charge in [-0.25, -0.2) is 19.6 Å². The van der Waals surface area contributed by atoms with E-state index in [1.807, 2.05) is 32.3 Å². The molecule has 3 fully saturated rings. The summed E-state index contributed by atoms with van der Waals surface area (Å²) in [5, 5.41) is 5.97. The summed E-state index contributed by atoms with van der Waals surface area (Å²) in [6.07, 6.45) is 8.88. The number of hydrogen-bond donors (Lipinski definition) is 2. The van der Waals surface area contributed by atoms with E-state index >= 15 is 0 Å². The minimum atomic E-state index is -0.346. The molecule has 5 aliphatic heterocycles. The van der Waals surface area contributed by atoms with E-state index in [0.29, 0.717) is 56.8 Å².